The minimum Gasteiger partial charge on any atom is -0.392 e. The molecule has 1 aromatic heterocycles. The minimum absolute atomic E-state index is 0.0132. The number of nitrogens with zero attached hydrogens (tertiary/aromatic N) is 2. The predicted octanol–water partition coefficient (Wildman–Crippen LogP) is 5.56. The summed E-state index contributed by atoms with van der Waals surface area (Å²) >= 11 is 0. The van der Waals surface area contributed by atoms with Crippen molar-refractivity contribution in [3.8, 4) is 11.1 Å². The van der Waals surface area contributed by atoms with Crippen LogP contribution in [0, 0.1) is 0 Å². The van der Waals surface area contributed by atoms with E-state index in [2.05, 4.69) is 51.6 Å². The van der Waals surface area contributed by atoms with Crippen molar-refractivity contribution < 1.29 is 28.8 Å². The Morgan fingerprint density at radius 1 is 0.872 bits per heavy atom. The second-order valence-corrected chi connectivity index (χ2v) is 12.5. The second kappa shape index (κ2) is 14.4. The van der Waals surface area contributed by atoms with Crippen LogP contribution in [0.5, 0.6) is 0 Å². The Morgan fingerprint density at radius 3 is 2.36 bits per heavy atom. The van der Waals surface area contributed by atoms with Gasteiger partial charge in [-0.15, -0.1) is 0 Å². The third-order valence-electron chi connectivity index (χ3n) is 9.33. The smallest absolute Gasteiger partial charge is 0.253 e. The molecular weight excluding hydrogens is 594 g/mol. The molecule has 0 aliphatic carbocycles. The molecule has 1 spiro atoms. The molecule has 47 heavy (non-hydrogen) atoms. The van der Waals surface area contributed by atoms with Crippen LogP contribution in [-0.2, 0) is 32.1 Å². The molecule has 2 N–H and O–H groups in total. The van der Waals surface area contributed by atoms with Crippen molar-refractivity contribution in [2.24, 2.45) is 0 Å². The highest BCUT2D eigenvalue weighted by Crippen LogP contribution is 2.39. The maximum Gasteiger partial charge on any atom is 0.253 e. The van der Waals surface area contributed by atoms with Gasteiger partial charge in [-0.25, -0.2) is 0 Å². The van der Waals surface area contributed by atoms with E-state index in [1.54, 1.807) is 24.5 Å². The summed E-state index contributed by atoms with van der Waals surface area (Å²) < 4.78 is 25.1. The molecule has 3 aromatic carbocycles. The average molecular weight is 636 g/mol. The number of rotatable bonds is 9. The van der Waals surface area contributed by atoms with Crippen molar-refractivity contribution in [3.05, 3.63) is 125 Å². The summed E-state index contributed by atoms with van der Waals surface area (Å²) in [6.07, 6.45) is 5.02. The Labute approximate surface area is 275 Å². The largest absolute Gasteiger partial charge is 0.392 e. The van der Waals surface area contributed by atoms with E-state index in [0.29, 0.717) is 25.3 Å². The molecule has 3 aliphatic rings. The predicted molar refractivity (Wildman–Crippen MR) is 176 cm³/mol. The van der Waals surface area contributed by atoms with Crippen LogP contribution in [0.1, 0.15) is 64.3 Å². The van der Waals surface area contributed by atoms with E-state index in [4.69, 9.17) is 18.9 Å². The Hall–Kier alpha value is -3.96. The number of aliphatic hydroxyl groups is 1. The van der Waals surface area contributed by atoms with Gasteiger partial charge in [0.15, 0.2) is 12.1 Å². The summed E-state index contributed by atoms with van der Waals surface area (Å²) in [6.45, 7) is 4.41. The van der Waals surface area contributed by atoms with E-state index in [1.165, 1.54) is 0 Å². The number of hydrogen-bond acceptors (Lipinski definition) is 8. The van der Waals surface area contributed by atoms with Crippen LogP contribution >= 0.6 is 0 Å². The second-order valence-electron chi connectivity index (χ2n) is 12.5. The molecular formula is C38H41N3O6. The molecule has 1 amide bonds. The van der Waals surface area contributed by atoms with Crippen LogP contribution in [0.15, 0.2) is 97.3 Å². The fourth-order valence-electron chi connectivity index (χ4n) is 6.66. The first-order valence-electron chi connectivity index (χ1n) is 16.4. The number of benzene rings is 3. The maximum absolute atomic E-state index is 12.5. The molecule has 7 rings (SSSR count). The first-order chi connectivity index (χ1) is 23.1. The molecule has 3 saturated heterocycles. The van der Waals surface area contributed by atoms with E-state index in [9.17, 15) is 9.90 Å². The first kappa shape index (κ1) is 31.6. The van der Waals surface area contributed by atoms with E-state index in [0.717, 1.165) is 72.3 Å². The number of aromatic nitrogens is 1. The zero-order valence-electron chi connectivity index (χ0n) is 26.4. The lowest BCUT2D eigenvalue weighted by Gasteiger charge is -2.41. The zero-order valence-corrected chi connectivity index (χ0v) is 26.4. The van der Waals surface area contributed by atoms with Crippen LogP contribution in [0.4, 0.5) is 0 Å². The van der Waals surface area contributed by atoms with Gasteiger partial charge >= 0.3 is 0 Å². The number of hydrogen-bond donors (Lipinski definition) is 2. The molecule has 9 nitrogen and oxygen atoms in total. The van der Waals surface area contributed by atoms with Crippen molar-refractivity contribution in [1.82, 2.24) is 15.2 Å². The summed E-state index contributed by atoms with van der Waals surface area (Å²) in [4.78, 5) is 19.0. The lowest BCUT2D eigenvalue weighted by Crippen LogP contribution is -2.48. The van der Waals surface area contributed by atoms with Crippen molar-refractivity contribution in [2.75, 3.05) is 32.8 Å². The molecule has 4 aromatic rings. The van der Waals surface area contributed by atoms with Gasteiger partial charge in [-0.05, 0) is 46.0 Å². The highest BCUT2D eigenvalue weighted by Gasteiger charge is 2.41. The van der Waals surface area contributed by atoms with Gasteiger partial charge < -0.3 is 34.3 Å². The first-order valence-corrected chi connectivity index (χ1v) is 16.4. The van der Waals surface area contributed by atoms with Crippen molar-refractivity contribution in [2.45, 2.75) is 56.7 Å². The average Bonchev–Trinajstić information content (AvgIpc) is 3.60. The molecule has 0 saturated carbocycles. The standard InChI is InChI=1S/C38H41N3O6/c42-26-27-6-8-30(9-7-27)35-22-34(25-41-17-14-38(15-18-41)44-19-20-45-38)46-37(47-35)31-12-10-29(11-13-31)32-4-1-3-28(21-32)23-40-36(43)33-5-2-16-39-24-33/h1-13,16,21,24,34-35,37,42H,14-15,17-20,22-23,25-26H2,(H,40,43). The number of amides is 1. The molecule has 0 bridgehead atoms. The molecule has 244 valence electrons. The van der Waals surface area contributed by atoms with E-state index in [1.807, 2.05) is 36.4 Å². The van der Waals surface area contributed by atoms with Crippen molar-refractivity contribution >= 4 is 5.91 Å². The third-order valence-corrected chi connectivity index (χ3v) is 9.33. The van der Waals surface area contributed by atoms with Gasteiger partial charge in [0.2, 0.25) is 0 Å². The summed E-state index contributed by atoms with van der Waals surface area (Å²) in [7, 11) is 0. The number of carbonyl (C=O) groups is 1. The Kier molecular flexibility index (Phi) is 9.71. The Balaban J connectivity index is 1.03. The van der Waals surface area contributed by atoms with Gasteiger partial charge in [-0.1, -0.05) is 66.7 Å². The Morgan fingerprint density at radius 2 is 1.64 bits per heavy atom. The molecule has 3 atom stereocenters. The van der Waals surface area contributed by atoms with Crippen LogP contribution in [0.25, 0.3) is 11.1 Å². The molecule has 3 unspecified atom stereocenters. The lowest BCUT2D eigenvalue weighted by molar-refractivity contribution is -0.255. The van der Waals surface area contributed by atoms with Crippen LogP contribution in [0.3, 0.4) is 0 Å². The van der Waals surface area contributed by atoms with Crippen LogP contribution in [-0.4, -0.2) is 65.6 Å². The summed E-state index contributed by atoms with van der Waals surface area (Å²) in [6, 6.07) is 28.0. The number of piperidine rings is 1. The molecule has 9 heteroatoms. The van der Waals surface area contributed by atoms with E-state index in [-0.39, 0.29) is 24.7 Å². The number of nitrogens with one attached hydrogen (secondary N) is 1. The SMILES string of the molecule is O=C(NCc1cccc(-c2ccc(C3OC(CN4CCC5(CC4)OCCO5)CC(c4ccc(CO)cc4)O3)cc2)c1)c1cccnc1. The monoisotopic (exact) mass is 635 g/mol. The molecule has 4 heterocycles. The van der Waals surface area contributed by atoms with E-state index < -0.39 is 12.1 Å². The van der Waals surface area contributed by atoms with Crippen molar-refractivity contribution in [3.63, 3.8) is 0 Å². The maximum atomic E-state index is 12.5. The highest BCUT2D eigenvalue weighted by molar-refractivity contribution is 5.93. The number of pyridine rings is 1. The van der Waals surface area contributed by atoms with E-state index >= 15 is 0 Å². The number of carbonyl (C=O) groups excluding carboxylic acids is 1. The number of aliphatic hydroxyl groups excluding tert-OH is 1. The van der Waals surface area contributed by atoms with Gasteiger partial charge in [0.05, 0.1) is 37.6 Å². The topological polar surface area (TPSA) is 102 Å². The zero-order chi connectivity index (χ0) is 32.1. The normalized spacial score (nSPS) is 22.7. The number of ether oxygens (including phenoxy) is 4. The van der Waals surface area contributed by atoms with Crippen molar-refractivity contribution in [1.29, 1.82) is 0 Å². The Bertz CT molecular complexity index is 1620. The van der Waals surface area contributed by atoms with Gasteiger partial charge in [0, 0.05) is 63.4 Å². The number of likely N-dealkylation sites (tertiary alicyclic amines) is 1. The quantitative estimate of drug-likeness (QED) is 0.247. The van der Waals surface area contributed by atoms with Gasteiger partial charge in [0.1, 0.15) is 0 Å². The van der Waals surface area contributed by atoms with Gasteiger partial charge in [-0.3, -0.25) is 9.78 Å². The lowest BCUT2D eigenvalue weighted by atomic mass is 9.98. The summed E-state index contributed by atoms with van der Waals surface area (Å²) in [5, 5.41) is 12.5. The highest BCUT2D eigenvalue weighted by atomic mass is 16.7. The summed E-state index contributed by atoms with van der Waals surface area (Å²) in [5.41, 5.74) is 6.59. The fraction of sp³-hybridized carbons (Fsp3) is 0.368. The van der Waals surface area contributed by atoms with Gasteiger partial charge in [0.25, 0.3) is 5.91 Å². The molecule has 3 aliphatic heterocycles. The van der Waals surface area contributed by atoms with Gasteiger partial charge in [-0.2, -0.15) is 0 Å². The summed E-state index contributed by atoms with van der Waals surface area (Å²) in [5.74, 6) is -0.552. The van der Waals surface area contributed by atoms with Crippen LogP contribution in [0.2, 0.25) is 0 Å². The third kappa shape index (κ3) is 7.62. The minimum atomic E-state index is -0.517. The molecule has 0 radical (unpaired) electrons. The fourth-order valence-corrected chi connectivity index (χ4v) is 6.66. The van der Waals surface area contributed by atoms with Crippen LogP contribution < -0.4 is 5.32 Å². The molecule has 3 fully saturated rings.